The molecule has 0 saturated carbocycles. The van der Waals surface area contributed by atoms with E-state index in [2.05, 4.69) is 15.1 Å². The van der Waals surface area contributed by atoms with E-state index in [0.717, 1.165) is 37.4 Å². The normalized spacial score (nSPS) is 17.6. The van der Waals surface area contributed by atoms with E-state index in [4.69, 9.17) is 0 Å². The van der Waals surface area contributed by atoms with E-state index < -0.39 is 0 Å². The molecule has 4 nitrogen and oxygen atoms in total. The Balaban J connectivity index is 1.52. The summed E-state index contributed by atoms with van der Waals surface area (Å²) in [6.07, 6.45) is 0. The molecule has 0 aliphatic carbocycles. The van der Waals surface area contributed by atoms with Crippen molar-refractivity contribution in [1.29, 1.82) is 0 Å². The van der Waals surface area contributed by atoms with Crippen LogP contribution in [0.3, 0.4) is 0 Å². The smallest absolute Gasteiger partial charge is 0.237 e. The second-order valence-electron chi connectivity index (χ2n) is 6.82. The van der Waals surface area contributed by atoms with Crippen molar-refractivity contribution in [2.24, 2.45) is 0 Å². The molecule has 1 N–H and O–H groups in total. The number of amides is 1. The van der Waals surface area contributed by atoms with Crippen LogP contribution in [0.15, 0.2) is 54.6 Å². The Morgan fingerprint density at radius 1 is 0.962 bits per heavy atom. The predicted molar refractivity (Wildman–Crippen MR) is 103 cm³/mol. The maximum absolute atomic E-state index is 13.1. The van der Waals surface area contributed by atoms with Crippen molar-refractivity contribution in [2.45, 2.75) is 25.9 Å². The minimum absolute atomic E-state index is 0.00773. The van der Waals surface area contributed by atoms with Crippen LogP contribution < -0.4 is 10.2 Å². The first-order valence-corrected chi connectivity index (χ1v) is 9.14. The van der Waals surface area contributed by atoms with Crippen molar-refractivity contribution < 1.29 is 9.18 Å². The van der Waals surface area contributed by atoms with E-state index in [1.807, 2.05) is 56.3 Å². The third-order valence-corrected chi connectivity index (χ3v) is 5.09. The van der Waals surface area contributed by atoms with Gasteiger partial charge in [0, 0.05) is 31.9 Å². The Morgan fingerprint density at radius 3 is 2.19 bits per heavy atom. The molecule has 26 heavy (non-hydrogen) atoms. The molecule has 2 aromatic carbocycles. The number of nitrogens with zero attached hydrogens (tertiary/aromatic N) is 2. The fraction of sp³-hybridized carbons (Fsp3) is 0.381. The Labute approximate surface area is 154 Å². The van der Waals surface area contributed by atoms with Gasteiger partial charge in [-0.15, -0.1) is 0 Å². The lowest BCUT2D eigenvalue weighted by molar-refractivity contribution is -0.126. The molecule has 0 radical (unpaired) electrons. The molecule has 2 unspecified atom stereocenters. The number of nitrogens with one attached hydrogen (secondary N) is 1. The van der Waals surface area contributed by atoms with E-state index in [1.165, 1.54) is 12.1 Å². The summed E-state index contributed by atoms with van der Waals surface area (Å²) in [5, 5.41) is 3.11. The van der Waals surface area contributed by atoms with Gasteiger partial charge in [-0.2, -0.15) is 0 Å². The number of halogens is 1. The van der Waals surface area contributed by atoms with Gasteiger partial charge in [-0.3, -0.25) is 9.69 Å². The van der Waals surface area contributed by atoms with Crippen molar-refractivity contribution in [3.8, 4) is 0 Å². The minimum atomic E-state index is -0.217. The lowest BCUT2D eigenvalue weighted by Crippen LogP contribution is -2.54. The molecule has 1 aliphatic heterocycles. The molecular weight excluding hydrogens is 329 g/mol. The highest BCUT2D eigenvalue weighted by molar-refractivity contribution is 5.81. The van der Waals surface area contributed by atoms with Gasteiger partial charge < -0.3 is 10.2 Å². The largest absolute Gasteiger partial charge is 0.369 e. The van der Waals surface area contributed by atoms with Gasteiger partial charge in [-0.25, -0.2) is 4.39 Å². The van der Waals surface area contributed by atoms with E-state index in [-0.39, 0.29) is 23.8 Å². The Hall–Kier alpha value is -2.40. The number of carbonyl (C=O) groups excluding carboxylic acids is 1. The molecular formula is C21H26FN3O. The number of rotatable bonds is 5. The summed E-state index contributed by atoms with van der Waals surface area (Å²) < 4.78 is 13.1. The van der Waals surface area contributed by atoms with E-state index in [9.17, 15) is 9.18 Å². The molecule has 1 amide bonds. The van der Waals surface area contributed by atoms with Crippen LogP contribution in [0.1, 0.15) is 25.5 Å². The van der Waals surface area contributed by atoms with Gasteiger partial charge in [0.15, 0.2) is 0 Å². The van der Waals surface area contributed by atoms with Crippen molar-refractivity contribution in [1.82, 2.24) is 10.2 Å². The highest BCUT2D eigenvalue weighted by atomic mass is 19.1. The van der Waals surface area contributed by atoms with Crippen LogP contribution in [0.2, 0.25) is 0 Å². The number of hydrogen-bond acceptors (Lipinski definition) is 3. The van der Waals surface area contributed by atoms with Gasteiger partial charge in [-0.1, -0.05) is 30.3 Å². The van der Waals surface area contributed by atoms with Crippen LogP contribution >= 0.6 is 0 Å². The number of benzene rings is 2. The zero-order chi connectivity index (χ0) is 18.5. The molecule has 1 fully saturated rings. The van der Waals surface area contributed by atoms with Gasteiger partial charge in [-0.05, 0) is 43.7 Å². The molecule has 138 valence electrons. The zero-order valence-electron chi connectivity index (χ0n) is 15.4. The maximum atomic E-state index is 13.1. The molecule has 0 spiro atoms. The average molecular weight is 355 g/mol. The SMILES string of the molecule is CC(NC(=O)C(C)N1CCN(c2ccc(F)cc2)CC1)c1ccccc1. The average Bonchev–Trinajstić information content (AvgIpc) is 2.69. The van der Waals surface area contributed by atoms with Gasteiger partial charge in [0.05, 0.1) is 12.1 Å². The quantitative estimate of drug-likeness (QED) is 0.895. The predicted octanol–water partition coefficient (Wildman–Crippen LogP) is 3.21. The molecule has 0 aromatic heterocycles. The first-order valence-electron chi connectivity index (χ1n) is 9.14. The topological polar surface area (TPSA) is 35.6 Å². The van der Waals surface area contributed by atoms with Gasteiger partial charge in [0.2, 0.25) is 5.91 Å². The third kappa shape index (κ3) is 4.41. The van der Waals surface area contributed by atoms with E-state index in [1.54, 1.807) is 0 Å². The molecule has 1 aliphatic rings. The molecule has 3 rings (SSSR count). The summed E-state index contributed by atoms with van der Waals surface area (Å²) in [5.41, 5.74) is 2.13. The summed E-state index contributed by atoms with van der Waals surface area (Å²) in [5.74, 6) is -0.165. The van der Waals surface area contributed by atoms with Crippen LogP contribution in [-0.2, 0) is 4.79 Å². The van der Waals surface area contributed by atoms with E-state index in [0.29, 0.717) is 0 Å². The summed E-state index contributed by atoms with van der Waals surface area (Å²) in [6.45, 7) is 7.25. The summed E-state index contributed by atoms with van der Waals surface area (Å²) in [7, 11) is 0. The van der Waals surface area contributed by atoms with Gasteiger partial charge in [0.25, 0.3) is 0 Å². The van der Waals surface area contributed by atoms with Crippen molar-refractivity contribution in [2.75, 3.05) is 31.1 Å². The maximum Gasteiger partial charge on any atom is 0.237 e. The number of piperazine rings is 1. The Bertz CT molecular complexity index is 712. The Morgan fingerprint density at radius 2 is 1.58 bits per heavy atom. The molecule has 1 saturated heterocycles. The molecule has 2 atom stereocenters. The second kappa shape index (κ2) is 8.32. The standard InChI is InChI=1S/C21H26FN3O/c1-16(18-6-4-3-5-7-18)23-21(26)17(2)24-12-14-25(15-13-24)20-10-8-19(22)9-11-20/h3-11,16-17H,12-15H2,1-2H3,(H,23,26). The second-order valence-corrected chi connectivity index (χ2v) is 6.82. The number of hydrogen-bond donors (Lipinski definition) is 1. The van der Waals surface area contributed by atoms with Crippen LogP contribution in [0.4, 0.5) is 10.1 Å². The molecule has 2 aromatic rings. The molecule has 1 heterocycles. The van der Waals surface area contributed by atoms with Gasteiger partial charge >= 0.3 is 0 Å². The summed E-state index contributed by atoms with van der Waals surface area (Å²) in [6, 6.07) is 16.4. The van der Waals surface area contributed by atoms with Crippen molar-refractivity contribution in [3.05, 3.63) is 66.0 Å². The highest BCUT2D eigenvalue weighted by Crippen LogP contribution is 2.18. The van der Waals surface area contributed by atoms with Crippen LogP contribution in [0.5, 0.6) is 0 Å². The third-order valence-electron chi connectivity index (χ3n) is 5.09. The monoisotopic (exact) mass is 355 g/mol. The number of carbonyl (C=O) groups is 1. The summed E-state index contributed by atoms with van der Waals surface area (Å²) in [4.78, 5) is 17.0. The fourth-order valence-electron chi connectivity index (χ4n) is 3.34. The molecule has 5 heteroatoms. The first-order chi connectivity index (χ1) is 12.5. The van der Waals surface area contributed by atoms with Crippen LogP contribution in [0, 0.1) is 5.82 Å². The lowest BCUT2D eigenvalue weighted by atomic mass is 10.1. The van der Waals surface area contributed by atoms with Crippen molar-refractivity contribution in [3.63, 3.8) is 0 Å². The zero-order valence-corrected chi connectivity index (χ0v) is 15.4. The van der Waals surface area contributed by atoms with Gasteiger partial charge in [0.1, 0.15) is 5.82 Å². The lowest BCUT2D eigenvalue weighted by Gasteiger charge is -2.38. The minimum Gasteiger partial charge on any atom is -0.369 e. The first kappa shape index (κ1) is 18.4. The molecule has 0 bridgehead atoms. The Kier molecular flexibility index (Phi) is 5.89. The van der Waals surface area contributed by atoms with E-state index >= 15 is 0 Å². The van der Waals surface area contributed by atoms with Crippen LogP contribution in [0.25, 0.3) is 0 Å². The fourth-order valence-corrected chi connectivity index (χ4v) is 3.34. The number of anilines is 1. The van der Waals surface area contributed by atoms with Crippen LogP contribution in [-0.4, -0.2) is 43.0 Å². The summed E-state index contributed by atoms with van der Waals surface area (Å²) >= 11 is 0. The highest BCUT2D eigenvalue weighted by Gasteiger charge is 2.26. The van der Waals surface area contributed by atoms with Crippen molar-refractivity contribution >= 4 is 11.6 Å².